The van der Waals surface area contributed by atoms with Crippen LogP contribution >= 0.6 is 12.4 Å². The summed E-state index contributed by atoms with van der Waals surface area (Å²) in [7, 11) is 0. The minimum absolute atomic E-state index is 0. The van der Waals surface area contributed by atoms with Crippen molar-refractivity contribution in [2.75, 3.05) is 13.1 Å². The summed E-state index contributed by atoms with van der Waals surface area (Å²) >= 11 is 0. The van der Waals surface area contributed by atoms with E-state index in [1.54, 1.807) is 0 Å². The Balaban J connectivity index is 0.00000108. The number of rotatable bonds is 1. The molecular weight excluding hydrogens is 232 g/mol. The van der Waals surface area contributed by atoms with Gasteiger partial charge in [-0.3, -0.25) is 0 Å². The number of aryl methyl sites for hydroxylation is 1. The molecule has 1 aliphatic heterocycles. The van der Waals surface area contributed by atoms with E-state index >= 15 is 0 Å². The molecule has 0 saturated carbocycles. The topological polar surface area (TPSA) is 27.8 Å². The molecule has 17 heavy (non-hydrogen) atoms. The van der Waals surface area contributed by atoms with Crippen LogP contribution in [0.4, 0.5) is 0 Å². The van der Waals surface area contributed by atoms with Crippen LogP contribution in [0.25, 0.3) is 10.9 Å². The van der Waals surface area contributed by atoms with Gasteiger partial charge >= 0.3 is 0 Å². The zero-order valence-corrected chi connectivity index (χ0v) is 10.9. The minimum Gasteiger partial charge on any atom is -0.361 e. The average Bonchev–Trinajstić information content (AvgIpc) is 2.73. The van der Waals surface area contributed by atoms with Crippen LogP contribution in [-0.2, 0) is 0 Å². The highest BCUT2D eigenvalue weighted by Gasteiger charge is 2.18. The fourth-order valence-corrected chi connectivity index (χ4v) is 2.73. The van der Waals surface area contributed by atoms with E-state index in [9.17, 15) is 0 Å². The molecule has 2 aromatic rings. The fraction of sp³-hybridized carbons (Fsp3) is 0.429. The summed E-state index contributed by atoms with van der Waals surface area (Å²) in [6.07, 6.45) is 4.74. The lowest BCUT2D eigenvalue weighted by molar-refractivity contribution is 0.462. The largest absolute Gasteiger partial charge is 0.361 e. The van der Waals surface area contributed by atoms with Crippen molar-refractivity contribution >= 4 is 23.3 Å². The highest BCUT2D eigenvalue weighted by Crippen LogP contribution is 2.31. The van der Waals surface area contributed by atoms with Crippen LogP contribution in [0.2, 0.25) is 0 Å². The third-order valence-corrected chi connectivity index (χ3v) is 3.65. The molecule has 0 bridgehead atoms. The lowest BCUT2D eigenvalue weighted by atomic mass is 9.90. The Morgan fingerprint density at radius 3 is 2.71 bits per heavy atom. The van der Waals surface area contributed by atoms with Gasteiger partial charge in [-0.05, 0) is 56.0 Å². The second-order valence-corrected chi connectivity index (χ2v) is 4.82. The Morgan fingerprint density at radius 1 is 1.18 bits per heavy atom. The molecule has 3 rings (SSSR count). The fourth-order valence-electron chi connectivity index (χ4n) is 2.73. The summed E-state index contributed by atoms with van der Waals surface area (Å²) in [4.78, 5) is 3.41. The molecule has 3 heteroatoms. The maximum absolute atomic E-state index is 3.42. The molecule has 1 saturated heterocycles. The first-order valence-electron chi connectivity index (χ1n) is 6.13. The van der Waals surface area contributed by atoms with Crippen LogP contribution in [-0.4, -0.2) is 18.1 Å². The van der Waals surface area contributed by atoms with E-state index in [-0.39, 0.29) is 12.4 Å². The summed E-state index contributed by atoms with van der Waals surface area (Å²) in [5.41, 5.74) is 4.12. The molecule has 1 fully saturated rings. The lowest BCUT2D eigenvalue weighted by Crippen LogP contribution is -2.26. The molecule has 1 aliphatic rings. The monoisotopic (exact) mass is 250 g/mol. The van der Waals surface area contributed by atoms with Gasteiger partial charge in [-0.25, -0.2) is 0 Å². The number of benzene rings is 1. The zero-order chi connectivity index (χ0) is 11.0. The average molecular weight is 251 g/mol. The highest BCUT2D eigenvalue weighted by atomic mass is 35.5. The number of aromatic amines is 1. The van der Waals surface area contributed by atoms with Crippen LogP contribution in [0, 0.1) is 6.92 Å². The maximum Gasteiger partial charge on any atom is 0.0459 e. The Labute approximate surface area is 108 Å². The van der Waals surface area contributed by atoms with E-state index in [0.29, 0.717) is 0 Å². The number of aromatic nitrogens is 1. The second-order valence-electron chi connectivity index (χ2n) is 4.82. The van der Waals surface area contributed by atoms with Crippen molar-refractivity contribution in [1.29, 1.82) is 0 Å². The number of piperidine rings is 1. The zero-order valence-electron chi connectivity index (χ0n) is 10.1. The Bertz CT molecular complexity index is 498. The predicted octanol–water partition coefficient (Wildman–Crippen LogP) is 3.37. The second kappa shape index (κ2) is 5.11. The van der Waals surface area contributed by atoms with Crippen LogP contribution in [0.5, 0.6) is 0 Å². The molecular formula is C14H19ClN2. The van der Waals surface area contributed by atoms with Gasteiger partial charge in [0.1, 0.15) is 0 Å². The van der Waals surface area contributed by atoms with Gasteiger partial charge in [0.15, 0.2) is 0 Å². The number of hydrogen-bond acceptors (Lipinski definition) is 1. The normalized spacial score (nSPS) is 17.0. The van der Waals surface area contributed by atoms with E-state index in [1.165, 1.54) is 34.9 Å². The summed E-state index contributed by atoms with van der Waals surface area (Å²) in [5, 5.41) is 4.84. The molecule has 0 amide bonds. The summed E-state index contributed by atoms with van der Waals surface area (Å²) in [5.74, 6) is 0.734. The van der Waals surface area contributed by atoms with Gasteiger partial charge in [0.2, 0.25) is 0 Å². The summed E-state index contributed by atoms with van der Waals surface area (Å²) < 4.78 is 0. The number of fused-ring (bicyclic) bond motifs is 1. The van der Waals surface area contributed by atoms with Gasteiger partial charge in [-0.2, -0.15) is 0 Å². The van der Waals surface area contributed by atoms with Crippen LogP contribution < -0.4 is 5.32 Å². The molecule has 0 radical (unpaired) electrons. The SMILES string of the molecule is Cc1ccc2c(C3CCNCC3)c[nH]c2c1.Cl. The maximum atomic E-state index is 3.42. The number of H-pyrrole nitrogens is 1. The van der Waals surface area contributed by atoms with Crippen molar-refractivity contribution in [2.24, 2.45) is 0 Å². The van der Waals surface area contributed by atoms with Gasteiger partial charge in [0.05, 0.1) is 0 Å². The van der Waals surface area contributed by atoms with E-state index in [4.69, 9.17) is 0 Å². The third-order valence-electron chi connectivity index (χ3n) is 3.65. The summed E-state index contributed by atoms with van der Waals surface area (Å²) in [6, 6.07) is 6.71. The Hall–Kier alpha value is -0.990. The molecule has 0 aliphatic carbocycles. The number of hydrogen-bond donors (Lipinski definition) is 2. The van der Waals surface area contributed by atoms with Crippen molar-refractivity contribution in [3.63, 3.8) is 0 Å². The standard InChI is InChI=1S/C14H18N2.ClH/c1-10-2-3-12-13(9-16-14(12)8-10)11-4-6-15-7-5-11;/h2-3,8-9,11,15-16H,4-7H2,1H3;1H. The molecule has 1 aromatic heterocycles. The van der Waals surface area contributed by atoms with Crippen molar-refractivity contribution in [1.82, 2.24) is 10.3 Å². The van der Waals surface area contributed by atoms with Crippen molar-refractivity contribution in [3.05, 3.63) is 35.5 Å². The first kappa shape index (κ1) is 12.5. The van der Waals surface area contributed by atoms with Gasteiger partial charge in [-0.15, -0.1) is 12.4 Å². The van der Waals surface area contributed by atoms with E-state index < -0.39 is 0 Å². The van der Waals surface area contributed by atoms with Gasteiger partial charge in [0, 0.05) is 17.1 Å². The Kier molecular flexibility index (Phi) is 3.75. The van der Waals surface area contributed by atoms with Crippen molar-refractivity contribution in [3.8, 4) is 0 Å². The molecule has 2 nitrogen and oxygen atoms in total. The van der Waals surface area contributed by atoms with Gasteiger partial charge < -0.3 is 10.3 Å². The third kappa shape index (κ3) is 2.33. The number of halogens is 1. The molecule has 0 spiro atoms. The quantitative estimate of drug-likeness (QED) is 0.798. The predicted molar refractivity (Wildman–Crippen MR) is 75.1 cm³/mol. The van der Waals surface area contributed by atoms with Crippen LogP contribution in [0.3, 0.4) is 0 Å². The van der Waals surface area contributed by atoms with Crippen LogP contribution in [0.15, 0.2) is 24.4 Å². The minimum atomic E-state index is 0. The lowest BCUT2D eigenvalue weighted by Gasteiger charge is -2.22. The highest BCUT2D eigenvalue weighted by molar-refractivity contribution is 5.85. The van der Waals surface area contributed by atoms with Crippen LogP contribution in [0.1, 0.15) is 29.9 Å². The first-order chi connectivity index (χ1) is 7.84. The smallest absolute Gasteiger partial charge is 0.0459 e. The molecule has 92 valence electrons. The molecule has 0 atom stereocenters. The van der Waals surface area contributed by atoms with Gasteiger partial charge in [0.25, 0.3) is 0 Å². The van der Waals surface area contributed by atoms with Gasteiger partial charge in [-0.1, -0.05) is 12.1 Å². The van der Waals surface area contributed by atoms with E-state index in [1.807, 2.05) is 0 Å². The first-order valence-corrected chi connectivity index (χ1v) is 6.13. The molecule has 1 aromatic carbocycles. The van der Waals surface area contributed by atoms with E-state index in [0.717, 1.165) is 19.0 Å². The summed E-state index contributed by atoms with van der Waals surface area (Å²) in [6.45, 7) is 4.46. The molecule has 0 unspecified atom stereocenters. The van der Waals surface area contributed by atoms with Crippen molar-refractivity contribution < 1.29 is 0 Å². The number of nitrogens with one attached hydrogen (secondary N) is 2. The van der Waals surface area contributed by atoms with Crippen molar-refractivity contribution in [2.45, 2.75) is 25.7 Å². The van der Waals surface area contributed by atoms with E-state index in [2.05, 4.69) is 41.6 Å². The molecule has 2 heterocycles. The molecule has 2 N–H and O–H groups in total. The Morgan fingerprint density at radius 2 is 1.94 bits per heavy atom.